The van der Waals surface area contributed by atoms with E-state index in [0.29, 0.717) is 19.5 Å². The number of hydrogen-bond acceptors (Lipinski definition) is 4. The summed E-state index contributed by atoms with van der Waals surface area (Å²) >= 11 is 0. The van der Waals surface area contributed by atoms with Crippen molar-refractivity contribution in [3.05, 3.63) is 24.2 Å². The van der Waals surface area contributed by atoms with Crippen LogP contribution in [0.2, 0.25) is 0 Å². The molecule has 2 unspecified atom stereocenters. The molecule has 0 saturated carbocycles. The van der Waals surface area contributed by atoms with Gasteiger partial charge in [-0.1, -0.05) is 0 Å². The summed E-state index contributed by atoms with van der Waals surface area (Å²) in [7, 11) is 0. The highest BCUT2D eigenvalue weighted by molar-refractivity contribution is 5.95. The van der Waals surface area contributed by atoms with Crippen LogP contribution < -0.4 is 5.32 Å². The predicted molar refractivity (Wildman–Crippen MR) is 74.8 cm³/mol. The molecule has 21 heavy (non-hydrogen) atoms. The van der Waals surface area contributed by atoms with Gasteiger partial charge in [0, 0.05) is 19.7 Å². The summed E-state index contributed by atoms with van der Waals surface area (Å²) in [6.45, 7) is 1.89. The Morgan fingerprint density at radius 3 is 2.95 bits per heavy atom. The van der Waals surface area contributed by atoms with Gasteiger partial charge in [-0.2, -0.15) is 0 Å². The van der Waals surface area contributed by atoms with Crippen LogP contribution in [0.1, 0.15) is 36.2 Å². The molecule has 6 heteroatoms. The first kappa shape index (κ1) is 14.1. The smallest absolute Gasteiger partial charge is 0.290 e. The molecule has 1 aromatic rings. The van der Waals surface area contributed by atoms with Gasteiger partial charge in [-0.25, -0.2) is 0 Å². The van der Waals surface area contributed by atoms with Crippen molar-refractivity contribution in [2.75, 3.05) is 19.7 Å². The third kappa shape index (κ3) is 3.10. The summed E-state index contributed by atoms with van der Waals surface area (Å²) in [5.74, 6) is -0.0218. The van der Waals surface area contributed by atoms with Gasteiger partial charge in [0.25, 0.3) is 5.91 Å². The predicted octanol–water partition coefficient (Wildman–Crippen LogP) is 1.18. The van der Waals surface area contributed by atoms with Crippen molar-refractivity contribution in [1.82, 2.24) is 10.2 Å². The first-order valence-corrected chi connectivity index (χ1v) is 7.49. The highest BCUT2D eigenvalue weighted by Crippen LogP contribution is 2.21. The maximum atomic E-state index is 12.3. The zero-order valence-electron chi connectivity index (χ0n) is 11.9. The number of carbonyl (C=O) groups excluding carboxylic acids is 2. The van der Waals surface area contributed by atoms with E-state index in [1.165, 1.54) is 6.26 Å². The third-order valence-electron chi connectivity index (χ3n) is 4.08. The zero-order chi connectivity index (χ0) is 14.7. The Bertz CT molecular complexity index is 494. The van der Waals surface area contributed by atoms with Crippen LogP contribution in [-0.4, -0.2) is 48.6 Å². The molecule has 2 aliphatic heterocycles. The minimum absolute atomic E-state index is 0.0945. The average molecular weight is 292 g/mol. The first-order valence-electron chi connectivity index (χ1n) is 7.49. The third-order valence-corrected chi connectivity index (χ3v) is 4.08. The van der Waals surface area contributed by atoms with Crippen molar-refractivity contribution < 1.29 is 18.7 Å². The molecule has 2 fully saturated rings. The van der Waals surface area contributed by atoms with Crippen LogP contribution in [0.5, 0.6) is 0 Å². The Labute approximate surface area is 123 Å². The second-order valence-corrected chi connectivity index (χ2v) is 5.51. The van der Waals surface area contributed by atoms with Crippen LogP contribution >= 0.6 is 0 Å². The van der Waals surface area contributed by atoms with E-state index in [2.05, 4.69) is 5.32 Å². The summed E-state index contributed by atoms with van der Waals surface area (Å²) in [6.07, 6.45) is 5.15. The Hall–Kier alpha value is -1.82. The number of furan rings is 1. The van der Waals surface area contributed by atoms with Crippen molar-refractivity contribution in [2.45, 2.75) is 37.8 Å². The number of amides is 2. The molecule has 114 valence electrons. The van der Waals surface area contributed by atoms with E-state index < -0.39 is 6.04 Å². The van der Waals surface area contributed by atoms with Crippen LogP contribution in [0.15, 0.2) is 22.8 Å². The molecule has 3 heterocycles. The Morgan fingerprint density at radius 1 is 1.33 bits per heavy atom. The molecule has 0 radical (unpaired) electrons. The van der Waals surface area contributed by atoms with Crippen molar-refractivity contribution in [3.8, 4) is 0 Å². The molecule has 0 spiro atoms. The van der Waals surface area contributed by atoms with Gasteiger partial charge >= 0.3 is 0 Å². The maximum Gasteiger partial charge on any atom is 0.290 e. The Balaban J connectivity index is 1.58. The molecule has 6 nitrogen and oxygen atoms in total. The van der Waals surface area contributed by atoms with E-state index in [9.17, 15) is 9.59 Å². The van der Waals surface area contributed by atoms with Crippen LogP contribution in [-0.2, 0) is 9.53 Å². The SMILES string of the molecule is O=C(NCC1CCCO1)C1CCCN1C(=O)c1ccco1. The number of rotatable bonds is 4. The van der Waals surface area contributed by atoms with Gasteiger partial charge in [0.05, 0.1) is 12.4 Å². The highest BCUT2D eigenvalue weighted by atomic mass is 16.5. The van der Waals surface area contributed by atoms with Crippen molar-refractivity contribution in [1.29, 1.82) is 0 Å². The van der Waals surface area contributed by atoms with E-state index in [0.717, 1.165) is 25.9 Å². The van der Waals surface area contributed by atoms with Crippen molar-refractivity contribution >= 4 is 11.8 Å². The minimum atomic E-state index is -0.399. The fourth-order valence-corrected chi connectivity index (χ4v) is 2.96. The standard InChI is InChI=1S/C15H20N2O4/c18-14(16-10-11-4-2-8-20-11)12-5-1-7-17(12)15(19)13-6-3-9-21-13/h3,6,9,11-12H,1-2,4-5,7-8,10H2,(H,16,18). The van der Waals surface area contributed by atoms with Gasteiger partial charge in [0.2, 0.25) is 5.91 Å². The molecule has 3 rings (SSSR count). The number of likely N-dealkylation sites (tertiary alicyclic amines) is 1. The van der Waals surface area contributed by atoms with E-state index in [1.807, 2.05) is 0 Å². The molecule has 1 N–H and O–H groups in total. The van der Waals surface area contributed by atoms with Crippen LogP contribution in [0.3, 0.4) is 0 Å². The molecule has 1 aromatic heterocycles. The summed E-state index contributed by atoms with van der Waals surface area (Å²) in [4.78, 5) is 26.2. The number of nitrogens with one attached hydrogen (secondary N) is 1. The first-order chi connectivity index (χ1) is 10.3. The second kappa shape index (κ2) is 6.30. The zero-order valence-corrected chi connectivity index (χ0v) is 11.9. The van der Waals surface area contributed by atoms with Gasteiger partial charge < -0.3 is 19.4 Å². The lowest BCUT2D eigenvalue weighted by atomic mass is 10.2. The van der Waals surface area contributed by atoms with Crippen LogP contribution in [0.25, 0.3) is 0 Å². The number of hydrogen-bond donors (Lipinski definition) is 1. The monoisotopic (exact) mass is 292 g/mol. The number of ether oxygens (including phenoxy) is 1. The molecular weight excluding hydrogens is 272 g/mol. The maximum absolute atomic E-state index is 12.3. The van der Waals surface area contributed by atoms with Crippen molar-refractivity contribution in [3.63, 3.8) is 0 Å². The second-order valence-electron chi connectivity index (χ2n) is 5.51. The average Bonchev–Trinajstić information content (AvgIpc) is 3.26. The lowest BCUT2D eigenvalue weighted by molar-refractivity contribution is -0.125. The largest absolute Gasteiger partial charge is 0.459 e. The lowest BCUT2D eigenvalue weighted by Gasteiger charge is -2.23. The molecule has 2 amide bonds. The lowest BCUT2D eigenvalue weighted by Crippen LogP contribution is -2.47. The minimum Gasteiger partial charge on any atom is -0.459 e. The summed E-state index contributed by atoms with van der Waals surface area (Å²) in [6, 6.07) is 2.90. The van der Waals surface area contributed by atoms with Gasteiger partial charge in [0.15, 0.2) is 5.76 Å². The summed E-state index contributed by atoms with van der Waals surface area (Å²) in [5, 5.41) is 2.91. The fourth-order valence-electron chi connectivity index (χ4n) is 2.96. The van der Waals surface area contributed by atoms with Gasteiger partial charge in [0.1, 0.15) is 6.04 Å². The van der Waals surface area contributed by atoms with Gasteiger partial charge in [-0.3, -0.25) is 9.59 Å². The van der Waals surface area contributed by atoms with E-state index >= 15 is 0 Å². The molecule has 2 aliphatic rings. The van der Waals surface area contributed by atoms with Crippen molar-refractivity contribution in [2.24, 2.45) is 0 Å². The van der Waals surface area contributed by atoms with E-state index in [1.54, 1.807) is 17.0 Å². The summed E-state index contributed by atoms with van der Waals surface area (Å²) < 4.78 is 10.6. The quantitative estimate of drug-likeness (QED) is 0.904. The Morgan fingerprint density at radius 2 is 2.24 bits per heavy atom. The molecular formula is C15H20N2O4. The number of nitrogens with zero attached hydrogens (tertiary/aromatic N) is 1. The van der Waals surface area contributed by atoms with E-state index in [-0.39, 0.29) is 23.7 Å². The molecule has 0 aromatic carbocycles. The fraction of sp³-hybridized carbons (Fsp3) is 0.600. The van der Waals surface area contributed by atoms with E-state index in [4.69, 9.17) is 9.15 Å². The van der Waals surface area contributed by atoms with Crippen LogP contribution in [0.4, 0.5) is 0 Å². The topological polar surface area (TPSA) is 71.8 Å². The molecule has 2 saturated heterocycles. The summed E-state index contributed by atoms with van der Waals surface area (Å²) in [5.41, 5.74) is 0. The van der Waals surface area contributed by atoms with Gasteiger partial charge in [-0.05, 0) is 37.8 Å². The number of carbonyl (C=O) groups is 2. The molecule has 2 atom stereocenters. The normalized spacial score (nSPS) is 25.2. The molecule has 0 aliphatic carbocycles. The van der Waals surface area contributed by atoms with Crippen LogP contribution in [0, 0.1) is 0 Å². The highest BCUT2D eigenvalue weighted by Gasteiger charge is 2.35. The Kier molecular flexibility index (Phi) is 4.24. The molecule has 0 bridgehead atoms. The van der Waals surface area contributed by atoms with Gasteiger partial charge in [-0.15, -0.1) is 0 Å².